The first-order chi connectivity index (χ1) is 10.7. The van der Waals surface area contributed by atoms with E-state index in [4.69, 9.17) is 0 Å². The molecule has 0 fully saturated rings. The monoisotopic (exact) mass is 311 g/mol. The molecule has 0 saturated heterocycles. The molecule has 0 radical (unpaired) electrons. The van der Waals surface area contributed by atoms with Crippen LogP contribution in [-0.2, 0) is 6.42 Å². The Morgan fingerprint density at radius 1 is 1.18 bits per heavy atom. The van der Waals surface area contributed by atoms with Crippen molar-refractivity contribution in [3.63, 3.8) is 0 Å². The topological polar surface area (TPSA) is 73.8 Å². The van der Waals surface area contributed by atoms with Gasteiger partial charge in [0, 0.05) is 23.5 Å². The molecule has 5 nitrogen and oxygen atoms in total. The van der Waals surface area contributed by atoms with Gasteiger partial charge in [0.25, 0.3) is 0 Å². The van der Waals surface area contributed by atoms with Gasteiger partial charge in [0.1, 0.15) is 5.00 Å². The van der Waals surface area contributed by atoms with Gasteiger partial charge in [0.15, 0.2) is 0 Å². The molecule has 3 heterocycles. The number of aromatic amines is 2. The molecule has 6 heteroatoms. The molecule has 4 aromatic rings. The molecule has 1 aromatic carbocycles. The highest BCUT2D eigenvalue weighted by atomic mass is 32.1. The van der Waals surface area contributed by atoms with Crippen molar-refractivity contribution < 1.29 is 5.11 Å². The van der Waals surface area contributed by atoms with Crippen LogP contribution in [0, 0.1) is 0 Å². The lowest BCUT2D eigenvalue weighted by molar-refractivity contribution is 0.436. The Morgan fingerprint density at radius 3 is 2.86 bits per heavy atom. The minimum atomic E-state index is -0.324. The zero-order valence-electron chi connectivity index (χ0n) is 11.5. The maximum atomic E-state index is 12.1. The number of H-pyrrole nitrogens is 2. The van der Waals surface area contributed by atoms with Crippen LogP contribution in [0.5, 0.6) is 5.88 Å². The van der Waals surface area contributed by atoms with Crippen molar-refractivity contribution in [2.75, 3.05) is 0 Å². The summed E-state index contributed by atoms with van der Waals surface area (Å²) in [6, 6.07) is 11.6. The van der Waals surface area contributed by atoms with Crippen LogP contribution in [0.4, 0.5) is 0 Å². The summed E-state index contributed by atoms with van der Waals surface area (Å²) in [7, 11) is 0. The number of aromatic nitrogens is 3. The van der Waals surface area contributed by atoms with E-state index in [1.54, 1.807) is 6.07 Å². The second-order valence-corrected chi connectivity index (χ2v) is 5.98. The molecule has 0 aliphatic carbocycles. The largest absolute Gasteiger partial charge is 0.493 e. The molecule has 0 bridgehead atoms. The summed E-state index contributed by atoms with van der Waals surface area (Å²) in [5.41, 5.74) is 2.26. The fourth-order valence-corrected chi connectivity index (χ4v) is 3.39. The summed E-state index contributed by atoms with van der Waals surface area (Å²) in [5.74, 6) is -0.0299. The fourth-order valence-electron chi connectivity index (χ4n) is 2.67. The molecule has 0 unspecified atom stereocenters. The Morgan fingerprint density at radius 2 is 2.05 bits per heavy atom. The Kier molecular flexibility index (Phi) is 2.90. The predicted molar refractivity (Wildman–Crippen MR) is 87.0 cm³/mol. The van der Waals surface area contributed by atoms with Crippen molar-refractivity contribution in [3.8, 4) is 10.9 Å². The Balaban J connectivity index is 1.78. The molecule has 22 heavy (non-hydrogen) atoms. The van der Waals surface area contributed by atoms with E-state index in [1.165, 1.54) is 15.9 Å². The van der Waals surface area contributed by atoms with Gasteiger partial charge in [-0.1, -0.05) is 18.2 Å². The predicted octanol–water partition coefficient (Wildman–Crippen LogP) is 3.00. The van der Waals surface area contributed by atoms with Gasteiger partial charge in [0.05, 0.1) is 5.69 Å². The molecular weight excluding hydrogens is 298 g/mol. The number of thiophene rings is 1. The third-order valence-electron chi connectivity index (χ3n) is 3.71. The standard InChI is InChI=1S/C16H13N3O2S/c20-15-13(18-16(21)19(15)14-6-3-7-22-14)8-10-9-17-12-5-2-1-4-11(10)12/h1-7,9,17,20H,8H2,(H,18,21). The molecule has 0 aliphatic heterocycles. The van der Waals surface area contributed by atoms with Crippen LogP contribution in [0.3, 0.4) is 0 Å². The van der Waals surface area contributed by atoms with Gasteiger partial charge in [-0.2, -0.15) is 0 Å². The Bertz CT molecular complexity index is 992. The summed E-state index contributed by atoms with van der Waals surface area (Å²) >= 11 is 1.40. The highest BCUT2D eigenvalue weighted by molar-refractivity contribution is 7.12. The van der Waals surface area contributed by atoms with E-state index in [-0.39, 0.29) is 11.6 Å². The van der Waals surface area contributed by atoms with E-state index >= 15 is 0 Å². The van der Waals surface area contributed by atoms with Crippen LogP contribution in [0.15, 0.2) is 52.8 Å². The van der Waals surface area contributed by atoms with Gasteiger partial charge in [-0.15, -0.1) is 11.3 Å². The number of fused-ring (bicyclic) bond motifs is 1. The Labute approximate surface area is 129 Å². The van der Waals surface area contributed by atoms with Crippen molar-refractivity contribution in [1.29, 1.82) is 0 Å². The van der Waals surface area contributed by atoms with Gasteiger partial charge >= 0.3 is 5.69 Å². The van der Waals surface area contributed by atoms with Crippen LogP contribution >= 0.6 is 11.3 Å². The molecule has 0 saturated carbocycles. The number of benzene rings is 1. The molecule has 0 spiro atoms. The number of hydrogen-bond donors (Lipinski definition) is 3. The molecular formula is C16H13N3O2S. The number of hydrogen-bond acceptors (Lipinski definition) is 3. The van der Waals surface area contributed by atoms with Crippen LogP contribution in [-0.4, -0.2) is 19.6 Å². The van der Waals surface area contributed by atoms with E-state index < -0.39 is 0 Å². The van der Waals surface area contributed by atoms with Crippen molar-refractivity contribution >= 4 is 22.2 Å². The average Bonchev–Trinajstić information content (AvgIpc) is 3.22. The maximum Gasteiger partial charge on any atom is 0.333 e. The third kappa shape index (κ3) is 1.96. The molecule has 3 aromatic heterocycles. The molecule has 110 valence electrons. The summed E-state index contributed by atoms with van der Waals surface area (Å²) in [4.78, 5) is 18.1. The average molecular weight is 311 g/mol. The minimum absolute atomic E-state index is 0.0299. The third-order valence-corrected chi connectivity index (χ3v) is 4.56. The van der Waals surface area contributed by atoms with Gasteiger partial charge < -0.3 is 15.1 Å². The molecule has 0 aliphatic rings. The number of aromatic hydroxyl groups is 1. The summed E-state index contributed by atoms with van der Waals surface area (Å²) < 4.78 is 1.30. The lowest BCUT2D eigenvalue weighted by Crippen LogP contribution is -2.13. The van der Waals surface area contributed by atoms with Crippen LogP contribution in [0.2, 0.25) is 0 Å². The lowest BCUT2D eigenvalue weighted by Gasteiger charge is -2.01. The Hall–Kier alpha value is -2.73. The normalized spacial score (nSPS) is 11.3. The molecule has 4 rings (SSSR count). The highest BCUT2D eigenvalue weighted by Crippen LogP contribution is 2.26. The number of rotatable bonds is 3. The van der Waals surface area contributed by atoms with Crippen molar-refractivity contribution in [3.05, 3.63) is 69.7 Å². The SMILES string of the molecule is O=c1[nH]c(Cc2c[nH]c3ccccc23)c(O)n1-c1cccs1. The van der Waals surface area contributed by atoms with Gasteiger partial charge in [-0.05, 0) is 29.1 Å². The maximum absolute atomic E-state index is 12.1. The quantitative estimate of drug-likeness (QED) is 0.544. The van der Waals surface area contributed by atoms with Crippen LogP contribution in [0.25, 0.3) is 15.9 Å². The smallest absolute Gasteiger partial charge is 0.333 e. The zero-order chi connectivity index (χ0) is 15.1. The fraction of sp³-hybridized carbons (Fsp3) is 0.0625. The van der Waals surface area contributed by atoms with Crippen LogP contribution < -0.4 is 5.69 Å². The number of nitrogens with one attached hydrogen (secondary N) is 2. The number of para-hydroxylation sites is 1. The van der Waals surface area contributed by atoms with Gasteiger partial charge in [0.2, 0.25) is 5.88 Å². The van der Waals surface area contributed by atoms with E-state index in [9.17, 15) is 9.90 Å². The first-order valence-electron chi connectivity index (χ1n) is 6.86. The highest BCUT2D eigenvalue weighted by Gasteiger charge is 2.16. The van der Waals surface area contributed by atoms with E-state index in [2.05, 4.69) is 9.97 Å². The van der Waals surface area contributed by atoms with Crippen molar-refractivity contribution in [2.24, 2.45) is 0 Å². The van der Waals surface area contributed by atoms with E-state index in [0.717, 1.165) is 16.5 Å². The first-order valence-corrected chi connectivity index (χ1v) is 7.74. The first kappa shape index (κ1) is 13.0. The lowest BCUT2D eigenvalue weighted by atomic mass is 10.1. The second-order valence-electron chi connectivity index (χ2n) is 5.06. The van der Waals surface area contributed by atoms with Crippen molar-refractivity contribution in [2.45, 2.75) is 6.42 Å². The molecule has 0 atom stereocenters. The van der Waals surface area contributed by atoms with Gasteiger partial charge in [-0.3, -0.25) is 0 Å². The number of nitrogens with zero attached hydrogens (tertiary/aromatic N) is 1. The van der Waals surface area contributed by atoms with Crippen LogP contribution in [0.1, 0.15) is 11.3 Å². The summed E-state index contributed by atoms with van der Waals surface area (Å²) in [6.07, 6.45) is 2.37. The number of imidazole rings is 1. The summed E-state index contributed by atoms with van der Waals surface area (Å²) in [6.45, 7) is 0. The van der Waals surface area contributed by atoms with E-state index in [0.29, 0.717) is 17.1 Å². The molecule has 3 N–H and O–H groups in total. The molecule has 0 amide bonds. The minimum Gasteiger partial charge on any atom is -0.493 e. The van der Waals surface area contributed by atoms with Crippen molar-refractivity contribution in [1.82, 2.24) is 14.5 Å². The van der Waals surface area contributed by atoms with E-state index in [1.807, 2.05) is 41.9 Å². The second kappa shape index (κ2) is 4.92. The summed E-state index contributed by atoms with van der Waals surface area (Å²) in [5, 5.41) is 14.0. The zero-order valence-corrected chi connectivity index (χ0v) is 12.4. The van der Waals surface area contributed by atoms with Gasteiger partial charge in [-0.25, -0.2) is 9.36 Å².